The van der Waals surface area contributed by atoms with Crippen LogP contribution in [0, 0.1) is 0 Å². The van der Waals surface area contributed by atoms with Crippen LogP contribution in [0.4, 0.5) is 17.1 Å². The second kappa shape index (κ2) is 14.3. The van der Waals surface area contributed by atoms with Gasteiger partial charge in [0.2, 0.25) is 0 Å². The summed E-state index contributed by atoms with van der Waals surface area (Å²) in [6.45, 7) is 0. The second-order valence-corrected chi connectivity index (χ2v) is 18.1. The third kappa shape index (κ3) is 5.06. The van der Waals surface area contributed by atoms with Crippen molar-refractivity contribution in [3.8, 4) is 44.5 Å². The molecule has 0 amide bonds. The molecule has 300 valence electrons. The highest BCUT2D eigenvalue weighted by molar-refractivity contribution is 9.10. The molecule has 10 aromatic carbocycles. The molecule has 13 rings (SSSR count). The lowest BCUT2D eigenvalue weighted by molar-refractivity contribution is 0.764. The molecule has 0 bridgehead atoms. The van der Waals surface area contributed by atoms with Crippen molar-refractivity contribution in [3.05, 3.63) is 292 Å². The molecule has 1 nitrogen and oxygen atoms in total. The van der Waals surface area contributed by atoms with Crippen molar-refractivity contribution in [1.82, 2.24) is 0 Å². The Morgan fingerprint density at radius 2 is 0.625 bits per heavy atom. The third-order valence-electron chi connectivity index (χ3n) is 14.3. The summed E-state index contributed by atoms with van der Waals surface area (Å²) in [5.41, 5.74) is 23.0. The predicted molar refractivity (Wildman–Crippen MR) is 268 cm³/mol. The van der Waals surface area contributed by atoms with E-state index in [0.29, 0.717) is 0 Å². The van der Waals surface area contributed by atoms with Crippen LogP contribution in [0.15, 0.2) is 247 Å². The number of anilines is 3. The number of benzene rings is 10. The van der Waals surface area contributed by atoms with E-state index in [-0.39, 0.29) is 0 Å². The summed E-state index contributed by atoms with van der Waals surface area (Å²) >= 11 is 4.03. The van der Waals surface area contributed by atoms with E-state index in [1.165, 1.54) is 89.0 Å². The minimum atomic E-state index is -0.520. The van der Waals surface area contributed by atoms with Gasteiger partial charge in [0.05, 0.1) is 10.8 Å². The number of halogens is 1. The van der Waals surface area contributed by atoms with Crippen molar-refractivity contribution in [2.45, 2.75) is 10.8 Å². The first-order valence-electron chi connectivity index (χ1n) is 22.1. The number of hydrogen-bond donors (Lipinski definition) is 0. The standard InChI is InChI=1S/C62H40BrN/c63-60-29-15-14-28-59(60)61(53-23-9-4-18-47(53)48-19-5-10-24-54(48)61)43-32-36-45(37-33-43)64(44-34-30-42(31-35-44)41-16-2-1-3-17-41)46-38-39-58-52(40-46)51-22-8-13-27-57(51)62(58)55-25-11-6-20-49(55)50-21-7-12-26-56(50)62/h1-40H. The van der Waals surface area contributed by atoms with Gasteiger partial charge in [-0.25, -0.2) is 0 Å². The van der Waals surface area contributed by atoms with Crippen LogP contribution in [0.5, 0.6) is 0 Å². The van der Waals surface area contributed by atoms with Crippen LogP contribution in [0.2, 0.25) is 0 Å². The molecule has 1 spiro atoms. The van der Waals surface area contributed by atoms with E-state index in [9.17, 15) is 0 Å². The first-order chi connectivity index (χ1) is 31.7. The Morgan fingerprint density at radius 3 is 1.12 bits per heavy atom. The van der Waals surface area contributed by atoms with Crippen LogP contribution < -0.4 is 4.90 Å². The lowest BCUT2D eigenvalue weighted by Gasteiger charge is -2.35. The minimum Gasteiger partial charge on any atom is -0.310 e. The number of nitrogens with zero attached hydrogens (tertiary/aromatic N) is 1. The molecule has 64 heavy (non-hydrogen) atoms. The first-order valence-corrected chi connectivity index (χ1v) is 22.9. The molecule has 3 aliphatic carbocycles. The highest BCUT2D eigenvalue weighted by atomic mass is 79.9. The zero-order valence-electron chi connectivity index (χ0n) is 34.9. The van der Waals surface area contributed by atoms with Crippen LogP contribution in [0.25, 0.3) is 44.5 Å². The van der Waals surface area contributed by atoms with Crippen molar-refractivity contribution in [1.29, 1.82) is 0 Å². The van der Waals surface area contributed by atoms with Crippen LogP contribution in [-0.4, -0.2) is 0 Å². The fraction of sp³-hybridized carbons (Fsp3) is 0.0323. The van der Waals surface area contributed by atoms with E-state index in [1.54, 1.807) is 0 Å². The van der Waals surface area contributed by atoms with Gasteiger partial charge in [0.1, 0.15) is 0 Å². The average Bonchev–Trinajstić information content (AvgIpc) is 3.95. The molecule has 0 saturated carbocycles. The Labute approximate surface area is 382 Å². The molecule has 0 atom stereocenters. The molecule has 0 aromatic heterocycles. The molecule has 10 aromatic rings. The lowest BCUT2D eigenvalue weighted by atomic mass is 9.67. The second-order valence-electron chi connectivity index (χ2n) is 17.2. The minimum absolute atomic E-state index is 0.394. The zero-order chi connectivity index (χ0) is 42.4. The van der Waals surface area contributed by atoms with Gasteiger partial charge in [0.15, 0.2) is 0 Å². The Bertz CT molecular complexity index is 3370. The van der Waals surface area contributed by atoms with Gasteiger partial charge in [-0.15, -0.1) is 0 Å². The summed E-state index contributed by atoms with van der Waals surface area (Å²) in [5, 5.41) is 0. The Balaban J connectivity index is 1.01. The van der Waals surface area contributed by atoms with E-state index >= 15 is 0 Å². The van der Waals surface area contributed by atoms with Gasteiger partial charge < -0.3 is 4.90 Å². The van der Waals surface area contributed by atoms with E-state index < -0.39 is 10.8 Å². The van der Waals surface area contributed by atoms with Crippen LogP contribution in [0.3, 0.4) is 0 Å². The first kappa shape index (κ1) is 37.1. The van der Waals surface area contributed by atoms with Crippen LogP contribution >= 0.6 is 15.9 Å². The summed E-state index contributed by atoms with van der Waals surface area (Å²) in [6.07, 6.45) is 0. The summed E-state index contributed by atoms with van der Waals surface area (Å²) in [7, 11) is 0. The quantitative estimate of drug-likeness (QED) is 0.161. The fourth-order valence-electron chi connectivity index (χ4n) is 11.7. The SMILES string of the molecule is Brc1ccccc1C1(c2ccc(N(c3ccc(-c4ccccc4)cc3)c3ccc4c(c3)-c3ccccc3C43c4ccccc4-c4ccccc43)cc2)c2ccccc2-c2ccccc21. The monoisotopic (exact) mass is 877 g/mol. The van der Waals surface area contributed by atoms with Crippen molar-refractivity contribution in [3.63, 3.8) is 0 Å². The van der Waals surface area contributed by atoms with Gasteiger partial charge in [0.25, 0.3) is 0 Å². The molecule has 0 unspecified atom stereocenters. The molecule has 0 fully saturated rings. The van der Waals surface area contributed by atoms with Gasteiger partial charge in [-0.05, 0) is 131 Å². The van der Waals surface area contributed by atoms with Crippen LogP contribution in [-0.2, 0) is 10.8 Å². The number of fused-ring (bicyclic) bond motifs is 13. The van der Waals surface area contributed by atoms with Gasteiger partial charge in [-0.3, -0.25) is 0 Å². The molecule has 0 N–H and O–H groups in total. The molecule has 0 radical (unpaired) electrons. The summed E-state index contributed by atoms with van der Waals surface area (Å²) in [4.78, 5) is 2.44. The van der Waals surface area contributed by atoms with Crippen LogP contribution in [0.1, 0.15) is 44.5 Å². The highest BCUT2D eigenvalue weighted by Crippen LogP contribution is 2.63. The van der Waals surface area contributed by atoms with E-state index in [1.807, 2.05) is 0 Å². The normalized spacial score (nSPS) is 14.0. The van der Waals surface area contributed by atoms with Gasteiger partial charge in [-0.1, -0.05) is 216 Å². The number of hydrogen-bond acceptors (Lipinski definition) is 1. The van der Waals surface area contributed by atoms with Gasteiger partial charge in [-0.2, -0.15) is 0 Å². The lowest BCUT2D eigenvalue weighted by Crippen LogP contribution is -2.29. The third-order valence-corrected chi connectivity index (χ3v) is 15.0. The zero-order valence-corrected chi connectivity index (χ0v) is 36.5. The maximum atomic E-state index is 4.03. The van der Waals surface area contributed by atoms with E-state index in [0.717, 1.165) is 21.5 Å². The molecule has 0 aliphatic heterocycles. The Morgan fingerprint density at radius 1 is 0.266 bits per heavy atom. The topological polar surface area (TPSA) is 3.24 Å². The molecule has 2 heteroatoms. The molecule has 0 heterocycles. The Hall–Kier alpha value is -7.52. The van der Waals surface area contributed by atoms with E-state index in [4.69, 9.17) is 0 Å². The van der Waals surface area contributed by atoms with Gasteiger partial charge >= 0.3 is 0 Å². The molecular formula is C62H40BrN. The van der Waals surface area contributed by atoms with E-state index in [2.05, 4.69) is 263 Å². The molecule has 0 saturated heterocycles. The average molecular weight is 879 g/mol. The maximum Gasteiger partial charge on any atom is 0.0725 e. The predicted octanol–water partition coefficient (Wildman–Crippen LogP) is 16.3. The van der Waals surface area contributed by atoms with Crippen molar-refractivity contribution < 1.29 is 0 Å². The summed E-state index contributed by atoms with van der Waals surface area (Å²) in [6, 6.07) is 90.0. The smallest absolute Gasteiger partial charge is 0.0725 e. The van der Waals surface area contributed by atoms with Crippen molar-refractivity contribution in [2.75, 3.05) is 4.90 Å². The molecule has 3 aliphatic rings. The summed E-state index contributed by atoms with van der Waals surface area (Å²) in [5.74, 6) is 0. The maximum absolute atomic E-state index is 4.03. The van der Waals surface area contributed by atoms with Crippen molar-refractivity contribution in [2.24, 2.45) is 0 Å². The largest absolute Gasteiger partial charge is 0.310 e. The van der Waals surface area contributed by atoms with Gasteiger partial charge in [0, 0.05) is 21.5 Å². The fourth-order valence-corrected chi connectivity index (χ4v) is 12.3. The Kier molecular flexibility index (Phi) is 8.26. The number of rotatable bonds is 6. The summed E-state index contributed by atoms with van der Waals surface area (Å²) < 4.78 is 1.09. The van der Waals surface area contributed by atoms with Crippen molar-refractivity contribution >= 4 is 33.0 Å². The highest BCUT2D eigenvalue weighted by Gasteiger charge is 2.52. The molecular weight excluding hydrogens is 839 g/mol.